The SMILES string of the molecule is O=C(O)c1ccc(Nc2ccc(C34CC5CC(CC(C5)C3)C4)cc2)cc1. The van der Waals surface area contributed by atoms with E-state index in [-0.39, 0.29) is 0 Å². The van der Waals surface area contributed by atoms with E-state index in [1.54, 1.807) is 12.1 Å². The molecule has 2 aromatic carbocycles. The van der Waals surface area contributed by atoms with Crippen molar-refractivity contribution in [1.29, 1.82) is 0 Å². The van der Waals surface area contributed by atoms with E-state index in [1.165, 1.54) is 44.1 Å². The molecule has 0 aliphatic heterocycles. The van der Waals surface area contributed by atoms with E-state index in [0.29, 0.717) is 11.0 Å². The van der Waals surface area contributed by atoms with Gasteiger partial charge in [-0.05, 0) is 104 Å². The fraction of sp³-hybridized carbons (Fsp3) is 0.435. The Morgan fingerprint density at radius 3 is 1.73 bits per heavy atom. The maximum absolute atomic E-state index is 11.0. The number of nitrogens with one attached hydrogen (secondary N) is 1. The van der Waals surface area contributed by atoms with Crippen LogP contribution in [-0.4, -0.2) is 11.1 Å². The van der Waals surface area contributed by atoms with Gasteiger partial charge in [0.1, 0.15) is 0 Å². The van der Waals surface area contributed by atoms with Crippen LogP contribution in [0.5, 0.6) is 0 Å². The molecule has 4 saturated carbocycles. The third-order valence-corrected chi connectivity index (χ3v) is 6.96. The molecule has 0 radical (unpaired) electrons. The summed E-state index contributed by atoms with van der Waals surface area (Å²) in [5, 5.41) is 12.4. The van der Waals surface area contributed by atoms with Crippen LogP contribution in [0.4, 0.5) is 11.4 Å². The Morgan fingerprint density at radius 1 is 0.808 bits per heavy atom. The molecule has 0 spiro atoms. The van der Waals surface area contributed by atoms with Crippen molar-refractivity contribution in [2.24, 2.45) is 17.8 Å². The van der Waals surface area contributed by atoms with Gasteiger partial charge >= 0.3 is 5.97 Å². The average molecular weight is 347 g/mol. The third-order valence-electron chi connectivity index (χ3n) is 6.96. The molecule has 4 aliphatic rings. The number of carboxylic acids is 1. The number of rotatable bonds is 4. The second-order valence-electron chi connectivity index (χ2n) is 8.78. The van der Waals surface area contributed by atoms with Gasteiger partial charge in [0.25, 0.3) is 0 Å². The Hall–Kier alpha value is -2.29. The quantitative estimate of drug-likeness (QED) is 0.757. The van der Waals surface area contributed by atoms with Gasteiger partial charge in [0.15, 0.2) is 0 Å². The second-order valence-corrected chi connectivity index (χ2v) is 8.78. The van der Waals surface area contributed by atoms with E-state index in [1.807, 2.05) is 12.1 Å². The van der Waals surface area contributed by atoms with E-state index in [4.69, 9.17) is 5.11 Å². The first-order valence-corrected chi connectivity index (χ1v) is 9.81. The Balaban J connectivity index is 1.34. The summed E-state index contributed by atoms with van der Waals surface area (Å²) in [5.41, 5.74) is 4.26. The zero-order valence-corrected chi connectivity index (χ0v) is 14.9. The van der Waals surface area contributed by atoms with Gasteiger partial charge in [0.2, 0.25) is 0 Å². The molecule has 134 valence electrons. The van der Waals surface area contributed by atoms with Crippen LogP contribution < -0.4 is 5.32 Å². The van der Waals surface area contributed by atoms with Crippen molar-refractivity contribution in [3.05, 3.63) is 59.7 Å². The summed E-state index contributed by atoms with van der Waals surface area (Å²) in [6.07, 6.45) is 8.61. The molecule has 4 fully saturated rings. The van der Waals surface area contributed by atoms with Gasteiger partial charge in [-0.15, -0.1) is 0 Å². The number of carboxylic acid groups (broad SMARTS) is 1. The number of anilines is 2. The van der Waals surface area contributed by atoms with Crippen molar-refractivity contribution < 1.29 is 9.90 Å². The summed E-state index contributed by atoms with van der Waals surface area (Å²) in [7, 11) is 0. The molecule has 2 aromatic rings. The topological polar surface area (TPSA) is 49.3 Å². The zero-order valence-electron chi connectivity index (χ0n) is 14.9. The number of aromatic carboxylic acids is 1. The van der Waals surface area contributed by atoms with Crippen LogP contribution in [-0.2, 0) is 5.41 Å². The first kappa shape index (κ1) is 15.9. The predicted octanol–water partition coefficient (Wildman–Crippen LogP) is 5.60. The monoisotopic (exact) mass is 347 g/mol. The van der Waals surface area contributed by atoms with Crippen molar-refractivity contribution >= 4 is 17.3 Å². The molecule has 0 amide bonds. The van der Waals surface area contributed by atoms with Gasteiger partial charge in [-0.25, -0.2) is 4.79 Å². The predicted molar refractivity (Wildman–Crippen MR) is 103 cm³/mol. The van der Waals surface area contributed by atoms with Crippen LogP contribution in [0.25, 0.3) is 0 Å². The van der Waals surface area contributed by atoms with Crippen LogP contribution in [0.2, 0.25) is 0 Å². The van der Waals surface area contributed by atoms with E-state index in [9.17, 15) is 4.79 Å². The molecular formula is C23H25NO2. The van der Waals surface area contributed by atoms with Crippen LogP contribution in [0.1, 0.15) is 54.4 Å². The maximum atomic E-state index is 11.0. The molecule has 0 aromatic heterocycles. The van der Waals surface area contributed by atoms with E-state index in [0.717, 1.165) is 29.1 Å². The number of carbonyl (C=O) groups is 1. The van der Waals surface area contributed by atoms with Gasteiger partial charge in [-0.3, -0.25) is 0 Å². The van der Waals surface area contributed by atoms with Gasteiger partial charge in [-0.2, -0.15) is 0 Å². The highest BCUT2D eigenvalue weighted by Gasteiger charge is 2.51. The molecule has 0 atom stereocenters. The number of benzene rings is 2. The molecule has 0 saturated heterocycles. The Kier molecular flexibility index (Phi) is 3.59. The summed E-state index contributed by atoms with van der Waals surface area (Å²) in [4.78, 5) is 11.0. The minimum Gasteiger partial charge on any atom is -0.478 e. The molecule has 0 heterocycles. The van der Waals surface area contributed by atoms with E-state index < -0.39 is 5.97 Å². The lowest BCUT2D eigenvalue weighted by Gasteiger charge is -2.57. The van der Waals surface area contributed by atoms with Crippen LogP contribution in [0, 0.1) is 17.8 Å². The lowest BCUT2D eigenvalue weighted by Crippen LogP contribution is -2.48. The first-order chi connectivity index (χ1) is 12.6. The molecule has 4 aliphatic carbocycles. The number of hydrogen-bond donors (Lipinski definition) is 2. The normalized spacial score (nSPS) is 31.8. The standard InChI is InChI=1S/C23H25NO2/c25-22(26)18-1-5-20(6-2-18)24-21-7-3-19(4-8-21)23-12-15-9-16(13-23)11-17(10-15)14-23/h1-8,15-17,24H,9-14H2,(H,25,26). The Labute approximate surface area is 154 Å². The average Bonchev–Trinajstić information content (AvgIpc) is 2.61. The van der Waals surface area contributed by atoms with Crippen molar-refractivity contribution in [2.45, 2.75) is 43.9 Å². The fourth-order valence-corrected chi connectivity index (χ4v) is 6.23. The summed E-state index contributed by atoms with van der Waals surface area (Å²) >= 11 is 0. The van der Waals surface area contributed by atoms with Crippen LogP contribution in [0.15, 0.2) is 48.5 Å². The van der Waals surface area contributed by atoms with Crippen molar-refractivity contribution in [3.8, 4) is 0 Å². The van der Waals surface area contributed by atoms with E-state index in [2.05, 4.69) is 29.6 Å². The molecular weight excluding hydrogens is 322 g/mol. The lowest BCUT2D eigenvalue weighted by molar-refractivity contribution is -0.00518. The third kappa shape index (κ3) is 2.70. The van der Waals surface area contributed by atoms with Gasteiger partial charge < -0.3 is 10.4 Å². The van der Waals surface area contributed by atoms with Gasteiger partial charge in [0.05, 0.1) is 5.56 Å². The zero-order chi connectivity index (χ0) is 17.7. The molecule has 26 heavy (non-hydrogen) atoms. The van der Waals surface area contributed by atoms with Crippen LogP contribution in [0.3, 0.4) is 0 Å². The first-order valence-electron chi connectivity index (χ1n) is 9.81. The van der Waals surface area contributed by atoms with Crippen molar-refractivity contribution in [2.75, 3.05) is 5.32 Å². The number of hydrogen-bond acceptors (Lipinski definition) is 2. The maximum Gasteiger partial charge on any atom is 0.335 e. The highest BCUT2D eigenvalue weighted by Crippen LogP contribution is 2.60. The molecule has 6 rings (SSSR count). The molecule has 0 unspecified atom stereocenters. The fourth-order valence-electron chi connectivity index (χ4n) is 6.23. The molecule has 2 N–H and O–H groups in total. The second kappa shape index (κ2) is 5.87. The highest BCUT2D eigenvalue weighted by atomic mass is 16.4. The minimum absolute atomic E-state index is 0.313. The largest absolute Gasteiger partial charge is 0.478 e. The summed E-state index contributed by atoms with van der Waals surface area (Å²) < 4.78 is 0. The summed E-state index contributed by atoms with van der Waals surface area (Å²) in [6, 6.07) is 15.9. The minimum atomic E-state index is -0.892. The Bertz CT molecular complexity index is 787. The molecule has 4 bridgehead atoms. The van der Waals surface area contributed by atoms with Crippen molar-refractivity contribution in [3.63, 3.8) is 0 Å². The summed E-state index contributed by atoms with van der Waals surface area (Å²) in [5.74, 6) is 2.00. The van der Waals surface area contributed by atoms with Crippen LogP contribution >= 0.6 is 0 Å². The van der Waals surface area contributed by atoms with E-state index >= 15 is 0 Å². The highest BCUT2D eigenvalue weighted by molar-refractivity contribution is 5.88. The van der Waals surface area contributed by atoms with Gasteiger partial charge in [-0.1, -0.05) is 12.1 Å². The molecule has 3 nitrogen and oxygen atoms in total. The van der Waals surface area contributed by atoms with Crippen molar-refractivity contribution in [1.82, 2.24) is 0 Å². The lowest BCUT2D eigenvalue weighted by atomic mass is 9.48. The molecule has 3 heteroatoms. The Morgan fingerprint density at radius 2 is 1.27 bits per heavy atom. The van der Waals surface area contributed by atoms with Gasteiger partial charge in [0, 0.05) is 11.4 Å². The smallest absolute Gasteiger partial charge is 0.335 e. The summed E-state index contributed by atoms with van der Waals surface area (Å²) in [6.45, 7) is 0.